The number of amides is 1. The first-order valence-corrected chi connectivity index (χ1v) is 7.70. The van der Waals surface area contributed by atoms with Crippen molar-refractivity contribution in [1.82, 2.24) is 5.32 Å². The molecule has 0 aliphatic carbocycles. The standard InChI is InChI=1S/C13H17Br2NO2/c1-8(2)5-10(7-14)16-13(18)9-3-4-11(15)12(17)6-9/h3-4,6,8,10,17H,5,7H2,1-2H3,(H,16,18). The van der Waals surface area contributed by atoms with E-state index in [1.165, 1.54) is 6.07 Å². The van der Waals surface area contributed by atoms with Crippen LogP contribution in [0.3, 0.4) is 0 Å². The predicted octanol–water partition coefficient (Wildman–Crippen LogP) is 3.69. The fourth-order valence-electron chi connectivity index (χ4n) is 1.65. The first kappa shape index (κ1) is 15.5. The maximum absolute atomic E-state index is 12.0. The number of carbonyl (C=O) groups is 1. The number of halogens is 2. The average molecular weight is 379 g/mol. The number of phenolic OH excluding ortho intramolecular Hbond substituents is 1. The van der Waals surface area contributed by atoms with Crippen molar-refractivity contribution in [3.63, 3.8) is 0 Å². The molecule has 0 aromatic heterocycles. The topological polar surface area (TPSA) is 49.3 Å². The van der Waals surface area contributed by atoms with Crippen molar-refractivity contribution in [2.45, 2.75) is 26.3 Å². The van der Waals surface area contributed by atoms with E-state index in [-0.39, 0.29) is 17.7 Å². The van der Waals surface area contributed by atoms with Crippen LogP contribution < -0.4 is 5.32 Å². The molecule has 100 valence electrons. The second-order valence-electron chi connectivity index (χ2n) is 4.62. The lowest BCUT2D eigenvalue weighted by molar-refractivity contribution is 0.0936. The minimum Gasteiger partial charge on any atom is -0.507 e. The fraction of sp³-hybridized carbons (Fsp3) is 0.462. The Morgan fingerprint density at radius 3 is 2.61 bits per heavy atom. The molecule has 1 atom stereocenters. The summed E-state index contributed by atoms with van der Waals surface area (Å²) in [6.07, 6.45) is 0.916. The molecule has 0 radical (unpaired) electrons. The van der Waals surface area contributed by atoms with Crippen molar-refractivity contribution in [3.05, 3.63) is 28.2 Å². The summed E-state index contributed by atoms with van der Waals surface area (Å²) in [5.74, 6) is 0.427. The summed E-state index contributed by atoms with van der Waals surface area (Å²) in [7, 11) is 0. The van der Waals surface area contributed by atoms with Gasteiger partial charge in [0.2, 0.25) is 0 Å². The maximum atomic E-state index is 12.0. The van der Waals surface area contributed by atoms with Gasteiger partial charge in [0.25, 0.3) is 5.91 Å². The molecule has 0 spiro atoms. The molecule has 2 N–H and O–H groups in total. The number of phenols is 1. The third kappa shape index (κ3) is 4.61. The summed E-state index contributed by atoms with van der Waals surface area (Å²) in [6.45, 7) is 4.24. The van der Waals surface area contributed by atoms with Gasteiger partial charge in [0.1, 0.15) is 5.75 Å². The number of hydrogen-bond donors (Lipinski definition) is 2. The van der Waals surface area contributed by atoms with Crippen molar-refractivity contribution < 1.29 is 9.90 Å². The van der Waals surface area contributed by atoms with E-state index in [0.717, 1.165) is 11.8 Å². The zero-order valence-electron chi connectivity index (χ0n) is 10.4. The molecule has 0 bridgehead atoms. The molecule has 0 fully saturated rings. The normalized spacial score (nSPS) is 12.5. The molecule has 0 saturated heterocycles. The number of aromatic hydroxyl groups is 1. The number of alkyl halides is 1. The Morgan fingerprint density at radius 1 is 1.44 bits per heavy atom. The summed E-state index contributed by atoms with van der Waals surface area (Å²) in [5, 5.41) is 13.2. The van der Waals surface area contributed by atoms with Gasteiger partial charge in [-0.25, -0.2) is 0 Å². The zero-order valence-corrected chi connectivity index (χ0v) is 13.6. The molecule has 3 nitrogen and oxygen atoms in total. The van der Waals surface area contributed by atoms with Crippen LogP contribution in [-0.2, 0) is 0 Å². The van der Waals surface area contributed by atoms with Crippen LogP contribution in [0.1, 0.15) is 30.6 Å². The first-order valence-electron chi connectivity index (χ1n) is 5.79. The smallest absolute Gasteiger partial charge is 0.251 e. The molecule has 0 heterocycles. The number of nitrogens with one attached hydrogen (secondary N) is 1. The molecule has 1 aromatic carbocycles. The summed E-state index contributed by atoms with van der Waals surface area (Å²) >= 11 is 6.59. The van der Waals surface area contributed by atoms with Crippen LogP contribution in [0, 0.1) is 5.92 Å². The third-order valence-corrected chi connectivity index (χ3v) is 3.94. The van der Waals surface area contributed by atoms with E-state index in [2.05, 4.69) is 51.0 Å². The van der Waals surface area contributed by atoms with Crippen LogP contribution in [-0.4, -0.2) is 22.4 Å². The number of carbonyl (C=O) groups excluding carboxylic acids is 1. The minimum atomic E-state index is -0.164. The fourth-order valence-corrected chi connectivity index (χ4v) is 2.32. The van der Waals surface area contributed by atoms with Crippen LogP contribution >= 0.6 is 31.9 Å². The number of hydrogen-bond acceptors (Lipinski definition) is 2. The summed E-state index contributed by atoms with van der Waals surface area (Å²) in [4.78, 5) is 12.0. The van der Waals surface area contributed by atoms with E-state index in [9.17, 15) is 9.90 Å². The molecule has 5 heteroatoms. The number of benzene rings is 1. The molecule has 0 aliphatic rings. The minimum absolute atomic E-state index is 0.0712. The van der Waals surface area contributed by atoms with Crippen molar-refractivity contribution in [3.8, 4) is 5.75 Å². The lowest BCUT2D eigenvalue weighted by Crippen LogP contribution is -2.37. The van der Waals surface area contributed by atoms with Crippen LogP contribution in [0.2, 0.25) is 0 Å². The van der Waals surface area contributed by atoms with Crippen molar-refractivity contribution in [1.29, 1.82) is 0 Å². The Morgan fingerprint density at radius 2 is 2.11 bits per heavy atom. The summed E-state index contributed by atoms with van der Waals surface area (Å²) < 4.78 is 0.582. The molecular formula is C13H17Br2NO2. The molecule has 0 aliphatic heterocycles. The summed E-state index contributed by atoms with van der Waals surface area (Å²) in [5.41, 5.74) is 0.463. The molecule has 1 aromatic rings. The van der Waals surface area contributed by atoms with Gasteiger partial charge in [-0.1, -0.05) is 29.8 Å². The van der Waals surface area contributed by atoms with E-state index in [1.807, 2.05) is 0 Å². The van der Waals surface area contributed by atoms with Crippen LogP contribution in [0.25, 0.3) is 0 Å². The second-order valence-corrected chi connectivity index (χ2v) is 6.12. The molecule has 1 rings (SSSR count). The second kappa shape index (κ2) is 7.14. The zero-order chi connectivity index (χ0) is 13.7. The molecule has 1 amide bonds. The Bertz CT molecular complexity index is 421. The van der Waals surface area contributed by atoms with Crippen molar-refractivity contribution >= 4 is 37.8 Å². The summed E-state index contributed by atoms with van der Waals surface area (Å²) in [6, 6.07) is 4.90. The van der Waals surface area contributed by atoms with Crippen LogP contribution in [0.5, 0.6) is 5.75 Å². The van der Waals surface area contributed by atoms with Crippen LogP contribution in [0.4, 0.5) is 0 Å². The Balaban J connectivity index is 2.71. The third-order valence-electron chi connectivity index (χ3n) is 2.49. The lowest BCUT2D eigenvalue weighted by atomic mass is 10.0. The highest BCUT2D eigenvalue weighted by molar-refractivity contribution is 9.10. The van der Waals surface area contributed by atoms with Gasteiger partial charge in [-0.15, -0.1) is 0 Å². The van der Waals surface area contributed by atoms with E-state index in [0.29, 0.717) is 16.0 Å². The predicted molar refractivity (Wildman–Crippen MR) is 80.3 cm³/mol. The van der Waals surface area contributed by atoms with Gasteiger partial charge < -0.3 is 10.4 Å². The largest absolute Gasteiger partial charge is 0.507 e. The quantitative estimate of drug-likeness (QED) is 0.767. The Hall–Kier alpha value is -0.550. The highest BCUT2D eigenvalue weighted by Gasteiger charge is 2.15. The van der Waals surface area contributed by atoms with E-state index in [4.69, 9.17) is 0 Å². The monoisotopic (exact) mass is 377 g/mol. The van der Waals surface area contributed by atoms with E-state index < -0.39 is 0 Å². The van der Waals surface area contributed by atoms with Crippen molar-refractivity contribution in [2.24, 2.45) is 5.92 Å². The Kier molecular flexibility index (Phi) is 6.15. The first-order chi connectivity index (χ1) is 8.43. The van der Waals surface area contributed by atoms with Crippen molar-refractivity contribution in [2.75, 3.05) is 5.33 Å². The van der Waals surface area contributed by atoms with Gasteiger partial charge in [0.05, 0.1) is 4.47 Å². The SMILES string of the molecule is CC(C)CC(CBr)NC(=O)c1ccc(Br)c(O)c1. The highest BCUT2D eigenvalue weighted by atomic mass is 79.9. The van der Waals surface area contributed by atoms with Gasteiger partial charge in [-0.3, -0.25) is 4.79 Å². The maximum Gasteiger partial charge on any atom is 0.251 e. The van der Waals surface area contributed by atoms with E-state index in [1.54, 1.807) is 12.1 Å². The van der Waals surface area contributed by atoms with Gasteiger partial charge >= 0.3 is 0 Å². The number of rotatable bonds is 5. The molecule has 1 unspecified atom stereocenters. The van der Waals surface area contributed by atoms with E-state index >= 15 is 0 Å². The average Bonchev–Trinajstić information content (AvgIpc) is 2.31. The highest BCUT2D eigenvalue weighted by Crippen LogP contribution is 2.24. The van der Waals surface area contributed by atoms with Gasteiger partial charge in [-0.2, -0.15) is 0 Å². The molecule has 0 saturated carbocycles. The lowest BCUT2D eigenvalue weighted by Gasteiger charge is -2.18. The molecule has 18 heavy (non-hydrogen) atoms. The van der Waals surface area contributed by atoms with Gasteiger partial charge in [0, 0.05) is 16.9 Å². The van der Waals surface area contributed by atoms with Crippen LogP contribution in [0.15, 0.2) is 22.7 Å². The van der Waals surface area contributed by atoms with Gasteiger partial charge in [-0.05, 0) is 46.5 Å². The van der Waals surface area contributed by atoms with Gasteiger partial charge in [0.15, 0.2) is 0 Å². The molecular weight excluding hydrogens is 362 g/mol. The Labute approximate surface area is 124 Å².